The predicted octanol–water partition coefficient (Wildman–Crippen LogP) is 1.67. The maximum absolute atomic E-state index is 12.8. The molecule has 0 aliphatic heterocycles. The Morgan fingerprint density at radius 1 is 0.958 bits per heavy atom. The number of carbonyl (C=O) groups is 3. The minimum Gasteiger partial charge on any atom is -0.507 e. The summed E-state index contributed by atoms with van der Waals surface area (Å²) in [7, 11) is 1.12. The van der Waals surface area contributed by atoms with Gasteiger partial charge in [0.05, 0.1) is 12.7 Å². The summed E-state index contributed by atoms with van der Waals surface area (Å²) in [6.45, 7) is 1.39. The summed E-state index contributed by atoms with van der Waals surface area (Å²) in [5.74, 6) is -3.92. The number of ether oxygens (including phenoxy) is 1. The van der Waals surface area contributed by atoms with Gasteiger partial charge in [-0.1, -0.05) is 0 Å². The summed E-state index contributed by atoms with van der Waals surface area (Å²) >= 11 is 0. The van der Waals surface area contributed by atoms with E-state index in [1.165, 1.54) is 13.0 Å². The van der Waals surface area contributed by atoms with Gasteiger partial charge in [-0.3, -0.25) is 9.59 Å². The molecule has 1 aliphatic rings. The van der Waals surface area contributed by atoms with E-state index >= 15 is 0 Å². The summed E-state index contributed by atoms with van der Waals surface area (Å²) in [6, 6.07) is 3.34. The van der Waals surface area contributed by atoms with Crippen LogP contribution in [0.15, 0.2) is 18.2 Å². The minimum absolute atomic E-state index is 0.0589. The largest absolute Gasteiger partial charge is 0.507 e. The molecule has 1 aliphatic carbocycles. The zero-order chi connectivity index (χ0) is 17.8. The monoisotopic (exact) mass is 328 g/mol. The van der Waals surface area contributed by atoms with E-state index in [4.69, 9.17) is 0 Å². The fourth-order valence-corrected chi connectivity index (χ4v) is 2.90. The number of esters is 1. The van der Waals surface area contributed by atoms with Gasteiger partial charge >= 0.3 is 5.97 Å². The SMILES string of the molecule is COC(=O)c1c(O)cc2c(c1C)C(=O)c1c(ccc(O)c1O)C2=O. The average Bonchev–Trinajstić information content (AvgIpc) is 2.54. The first-order chi connectivity index (χ1) is 11.3. The van der Waals surface area contributed by atoms with E-state index in [9.17, 15) is 29.7 Å². The van der Waals surface area contributed by atoms with Gasteiger partial charge in [0, 0.05) is 16.7 Å². The van der Waals surface area contributed by atoms with E-state index in [1.807, 2.05) is 0 Å². The first kappa shape index (κ1) is 15.5. The molecule has 0 bridgehead atoms. The minimum atomic E-state index is -0.862. The van der Waals surface area contributed by atoms with Crippen molar-refractivity contribution in [2.45, 2.75) is 6.92 Å². The van der Waals surface area contributed by atoms with E-state index in [2.05, 4.69) is 4.74 Å². The molecule has 0 spiro atoms. The van der Waals surface area contributed by atoms with Gasteiger partial charge in [-0.05, 0) is 30.7 Å². The number of hydrogen-bond acceptors (Lipinski definition) is 7. The number of aromatic hydroxyl groups is 3. The molecule has 24 heavy (non-hydrogen) atoms. The Bertz CT molecular complexity index is 941. The van der Waals surface area contributed by atoms with E-state index in [1.54, 1.807) is 0 Å². The second kappa shape index (κ2) is 5.09. The molecule has 0 heterocycles. The lowest BCUT2D eigenvalue weighted by atomic mass is 9.80. The molecular formula is C17H12O7. The number of methoxy groups -OCH3 is 1. The molecule has 0 saturated carbocycles. The van der Waals surface area contributed by atoms with E-state index in [0.717, 1.165) is 19.2 Å². The van der Waals surface area contributed by atoms with Crippen molar-refractivity contribution in [1.29, 1.82) is 0 Å². The number of rotatable bonds is 1. The Kier molecular flexibility index (Phi) is 3.30. The van der Waals surface area contributed by atoms with E-state index in [-0.39, 0.29) is 33.4 Å². The Morgan fingerprint density at radius 3 is 2.25 bits per heavy atom. The molecule has 2 aromatic rings. The zero-order valence-electron chi connectivity index (χ0n) is 12.7. The summed E-state index contributed by atoms with van der Waals surface area (Å²) in [5, 5.41) is 29.6. The third kappa shape index (κ3) is 1.88. The van der Waals surface area contributed by atoms with Gasteiger partial charge < -0.3 is 20.1 Å². The van der Waals surface area contributed by atoms with Gasteiger partial charge in [-0.25, -0.2) is 4.79 Å². The first-order valence-electron chi connectivity index (χ1n) is 6.88. The molecule has 7 heteroatoms. The second-order valence-electron chi connectivity index (χ2n) is 5.32. The molecule has 3 N–H and O–H groups in total. The van der Waals surface area contributed by atoms with Crippen LogP contribution in [0.5, 0.6) is 17.2 Å². The molecule has 0 atom stereocenters. The van der Waals surface area contributed by atoms with Gasteiger partial charge in [-0.2, -0.15) is 0 Å². The number of benzene rings is 2. The topological polar surface area (TPSA) is 121 Å². The quantitative estimate of drug-likeness (QED) is 0.459. The number of phenolic OH excluding ortho intramolecular Hbond substituents is 3. The molecule has 0 unspecified atom stereocenters. The summed E-state index contributed by atoms with van der Waals surface area (Å²) in [6.07, 6.45) is 0. The van der Waals surface area contributed by atoms with Crippen molar-refractivity contribution < 1.29 is 34.4 Å². The van der Waals surface area contributed by atoms with Crippen LogP contribution in [0, 0.1) is 6.92 Å². The fourth-order valence-electron chi connectivity index (χ4n) is 2.90. The highest BCUT2D eigenvalue weighted by molar-refractivity contribution is 6.30. The van der Waals surface area contributed by atoms with Crippen molar-refractivity contribution in [3.05, 3.63) is 51.6 Å². The van der Waals surface area contributed by atoms with Crippen molar-refractivity contribution in [2.24, 2.45) is 0 Å². The standard InChI is InChI=1S/C17H12O7/c1-6-11-8(5-10(19)12(6)17(23)24-2)14(20)7-3-4-9(18)15(21)13(7)16(11)22/h3-5,18-19,21H,1-2H3. The predicted molar refractivity (Wildman–Crippen MR) is 80.8 cm³/mol. The molecule has 122 valence electrons. The van der Waals surface area contributed by atoms with Crippen molar-refractivity contribution in [1.82, 2.24) is 0 Å². The zero-order valence-corrected chi connectivity index (χ0v) is 12.7. The molecule has 0 radical (unpaired) electrons. The highest BCUT2D eigenvalue weighted by Gasteiger charge is 2.36. The lowest BCUT2D eigenvalue weighted by Gasteiger charge is -2.22. The summed E-state index contributed by atoms with van der Waals surface area (Å²) < 4.78 is 4.58. The van der Waals surface area contributed by atoms with Crippen LogP contribution in [0.2, 0.25) is 0 Å². The molecule has 0 saturated heterocycles. The molecule has 7 nitrogen and oxygen atoms in total. The van der Waals surface area contributed by atoms with Crippen LogP contribution >= 0.6 is 0 Å². The van der Waals surface area contributed by atoms with Crippen LogP contribution in [0.4, 0.5) is 0 Å². The normalized spacial score (nSPS) is 12.6. The van der Waals surface area contributed by atoms with Gasteiger partial charge in [0.2, 0.25) is 0 Å². The van der Waals surface area contributed by atoms with E-state index in [0.29, 0.717) is 0 Å². The smallest absolute Gasteiger partial charge is 0.341 e. The van der Waals surface area contributed by atoms with Crippen LogP contribution in [-0.2, 0) is 4.74 Å². The number of carbonyl (C=O) groups excluding carboxylic acids is 3. The number of ketones is 2. The Labute approximate surface area is 135 Å². The Morgan fingerprint density at radius 2 is 1.62 bits per heavy atom. The van der Waals surface area contributed by atoms with Crippen molar-refractivity contribution in [3.8, 4) is 17.2 Å². The molecule has 3 rings (SSSR count). The maximum Gasteiger partial charge on any atom is 0.341 e. The lowest BCUT2D eigenvalue weighted by molar-refractivity contribution is 0.0596. The van der Waals surface area contributed by atoms with Gasteiger partial charge in [-0.15, -0.1) is 0 Å². The Hall–Kier alpha value is -3.35. The van der Waals surface area contributed by atoms with Crippen LogP contribution in [0.1, 0.15) is 47.8 Å². The van der Waals surface area contributed by atoms with Crippen molar-refractivity contribution in [3.63, 3.8) is 0 Å². The molecule has 2 aromatic carbocycles. The second-order valence-corrected chi connectivity index (χ2v) is 5.32. The van der Waals surface area contributed by atoms with Crippen LogP contribution in [0.3, 0.4) is 0 Å². The molecule has 0 aromatic heterocycles. The summed E-state index contributed by atoms with van der Waals surface area (Å²) in [5.41, 5.74) is -0.805. The maximum atomic E-state index is 12.8. The molecular weight excluding hydrogens is 316 g/mol. The van der Waals surface area contributed by atoms with Crippen LogP contribution in [-0.4, -0.2) is 40.0 Å². The number of hydrogen-bond donors (Lipinski definition) is 3. The van der Waals surface area contributed by atoms with Gasteiger partial charge in [0.1, 0.15) is 11.3 Å². The lowest BCUT2D eigenvalue weighted by Crippen LogP contribution is -2.23. The van der Waals surface area contributed by atoms with Gasteiger partial charge in [0.15, 0.2) is 23.1 Å². The van der Waals surface area contributed by atoms with Crippen molar-refractivity contribution in [2.75, 3.05) is 7.11 Å². The molecule has 0 fully saturated rings. The number of fused-ring (bicyclic) bond motifs is 2. The molecule has 0 amide bonds. The highest BCUT2D eigenvalue weighted by atomic mass is 16.5. The third-order valence-electron chi connectivity index (χ3n) is 4.05. The fraction of sp³-hybridized carbons (Fsp3) is 0.118. The Balaban J connectivity index is 2.38. The van der Waals surface area contributed by atoms with Crippen LogP contribution < -0.4 is 0 Å². The van der Waals surface area contributed by atoms with Crippen molar-refractivity contribution >= 4 is 17.5 Å². The van der Waals surface area contributed by atoms with Crippen LogP contribution in [0.25, 0.3) is 0 Å². The third-order valence-corrected chi connectivity index (χ3v) is 4.05. The highest BCUT2D eigenvalue weighted by Crippen LogP contribution is 2.41. The number of phenols is 3. The summed E-state index contributed by atoms with van der Waals surface area (Å²) in [4.78, 5) is 37.2. The average molecular weight is 328 g/mol. The van der Waals surface area contributed by atoms with E-state index < -0.39 is 34.8 Å². The first-order valence-corrected chi connectivity index (χ1v) is 6.88. The van der Waals surface area contributed by atoms with Gasteiger partial charge in [0.25, 0.3) is 0 Å².